The second kappa shape index (κ2) is 5.25. The Morgan fingerprint density at radius 3 is 1.35 bits per heavy atom. The minimum Gasteiger partial charge on any atom is -0.264 e. The van der Waals surface area contributed by atoms with Gasteiger partial charge in [-0.15, -0.1) is 0 Å². The Balaban J connectivity index is 2.01. The summed E-state index contributed by atoms with van der Waals surface area (Å²) < 4.78 is 0. The number of benzene rings is 1. The van der Waals surface area contributed by atoms with E-state index in [9.17, 15) is 0 Å². The lowest BCUT2D eigenvalue weighted by Crippen LogP contribution is -1.87. The first-order valence-electron chi connectivity index (χ1n) is 6.68. The van der Waals surface area contributed by atoms with Crippen LogP contribution in [0.1, 0.15) is 11.1 Å². The van der Waals surface area contributed by atoms with Crippen LogP contribution >= 0.6 is 0 Å². The number of hydrogen-bond donors (Lipinski definition) is 0. The van der Waals surface area contributed by atoms with Gasteiger partial charge in [0.25, 0.3) is 0 Å². The van der Waals surface area contributed by atoms with E-state index >= 15 is 0 Å². The van der Waals surface area contributed by atoms with E-state index in [0.717, 1.165) is 0 Å². The molecule has 2 aromatic heterocycles. The van der Waals surface area contributed by atoms with Gasteiger partial charge in [0, 0.05) is 24.8 Å². The van der Waals surface area contributed by atoms with Crippen molar-refractivity contribution in [3.63, 3.8) is 0 Å². The smallest absolute Gasteiger partial charge is 0.0303 e. The van der Waals surface area contributed by atoms with Gasteiger partial charge in [-0.3, -0.25) is 9.97 Å². The summed E-state index contributed by atoms with van der Waals surface area (Å²) in [4.78, 5) is 8.28. The van der Waals surface area contributed by atoms with E-state index in [1.165, 1.54) is 33.4 Å². The zero-order chi connectivity index (χ0) is 13.9. The number of hydrogen-bond acceptors (Lipinski definition) is 2. The lowest BCUT2D eigenvalue weighted by Gasteiger charge is -2.08. The van der Waals surface area contributed by atoms with Crippen molar-refractivity contribution < 1.29 is 0 Å². The maximum absolute atomic E-state index is 4.14. The Hall–Kier alpha value is -2.48. The first-order valence-corrected chi connectivity index (χ1v) is 6.68. The van der Waals surface area contributed by atoms with E-state index in [1.807, 2.05) is 24.8 Å². The fraction of sp³-hybridized carbons (Fsp3) is 0.111. The quantitative estimate of drug-likeness (QED) is 0.681. The highest BCUT2D eigenvalue weighted by molar-refractivity contribution is 5.72. The monoisotopic (exact) mass is 260 g/mol. The van der Waals surface area contributed by atoms with Crippen molar-refractivity contribution >= 4 is 0 Å². The molecule has 1 aromatic carbocycles. The van der Waals surface area contributed by atoms with Crippen LogP contribution in [-0.2, 0) is 0 Å². The van der Waals surface area contributed by atoms with Crippen LogP contribution in [0.15, 0.2) is 61.2 Å². The summed E-state index contributed by atoms with van der Waals surface area (Å²) in [5.41, 5.74) is 7.30. The van der Waals surface area contributed by atoms with E-state index < -0.39 is 0 Å². The van der Waals surface area contributed by atoms with Crippen molar-refractivity contribution in [3.8, 4) is 22.3 Å². The highest BCUT2D eigenvalue weighted by atomic mass is 14.6. The van der Waals surface area contributed by atoms with Crippen LogP contribution in [0, 0.1) is 13.8 Å². The van der Waals surface area contributed by atoms with Gasteiger partial charge in [0.2, 0.25) is 0 Å². The maximum atomic E-state index is 4.14. The van der Waals surface area contributed by atoms with Crippen LogP contribution in [0.3, 0.4) is 0 Å². The Morgan fingerprint density at radius 1 is 0.600 bits per heavy atom. The predicted molar refractivity (Wildman–Crippen MR) is 82.4 cm³/mol. The molecule has 0 N–H and O–H groups in total. The molecule has 0 aliphatic rings. The van der Waals surface area contributed by atoms with Gasteiger partial charge in [-0.05, 0) is 59.4 Å². The average Bonchev–Trinajstić information content (AvgIpc) is 2.49. The van der Waals surface area contributed by atoms with Gasteiger partial charge >= 0.3 is 0 Å². The van der Waals surface area contributed by atoms with Gasteiger partial charge in [0.1, 0.15) is 0 Å². The Kier molecular flexibility index (Phi) is 3.30. The minimum absolute atomic E-state index is 1.19. The number of aryl methyl sites for hydroxylation is 2. The molecule has 0 atom stereocenters. The molecule has 0 spiro atoms. The topological polar surface area (TPSA) is 25.8 Å². The molecule has 98 valence electrons. The summed E-state index contributed by atoms with van der Waals surface area (Å²) >= 11 is 0. The van der Waals surface area contributed by atoms with Crippen LogP contribution < -0.4 is 0 Å². The number of pyridine rings is 2. The molecule has 0 aliphatic heterocycles. The molecule has 0 saturated carbocycles. The Bertz CT molecular complexity index is 666. The fourth-order valence-corrected chi connectivity index (χ4v) is 2.42. The van der Waals surface area contributed by atoms with Gasteiger partial charge in [-0.1, -0.05) is 24.3 Å². The number of aromatic nitrogens is 2. The second-order valence-corrected chi connectivity index (χ2v) is 4.96. The van der Waals surface area contributed by atoms with E-state index in [-0.39, 0.29) is 0 Å². The molecule has 3 rings (SSSR count). The summed E-state index contributed by atoms with van der Waals surface area (Å²) in [6.45, 7) is 4.17. The summed E-state index contributed by atoms with van der Waals surface area (Å²) in [6.07, 6.45) is 7.47. The molecule has 0 bridgehead atoms. The van der Waals surface area contributed by atoms with E-state index in [2.05, 4.69) is 60.2 Å². The van der Waals surface area contributed by atoms with Crippen molar-refractivity contribution in [1.82, 2.24) is 9.97 Å². The summed E-state index contributed by atoms with van der Waals surface area (Å²) in [6, 6.07) is 12.8. The van der Waals surface area contributed by atoms with Gasteiger partial charge in [0.05, 0.1) is 0 Å². The lowest BCUT2D eigenvalue weighted by molar-refractivity contribution is 1.27. The molecule has 0 amide bonds. The van der Waals surface area contributed by atoms with E-state index in [1.54, 1.807) is 0 Å². The third-order valence-corrected chi connectivity index (χ3v) is 3.55. The van der Waals surface area contributed by atoms with Crippen molar-refractivity contribution in [2.24, 2.45) is 0 Å². The van der Waals surface area contributed by atoms with Crippen LogP contribution in [0.5, 0.6) is 0 Å². The maximum Gasteiger partial charge on any atom is 0.0303 e. The number of nitrogens with zero attached hydrogens (tertiary/aromatic N) is 2. The molecule has 0 unspecified atom stereocenters. The third-order valence-electron chi connectivity index (χ3n) is 3.55. The van der Waals surface area contributed by atoms with E-state index in [4.69, 9.17) is 0 Å². The molecule has 20 heavy (non-hydrogen) atoms. The standard InChI is InChI=1S/C18H16N2/c1-13-11-19-9-7-17(13)15-3-5-16(6-4-15)18-8-10-20-12-14(18)2/h3-12H,1-2H3. The van der Waals surface area contributed by atoms with Gasteiger partial charge in [-0.25, -0.2) is 0 Å². The molecule has 0 saturated heterocycles. The second-order valence-electron chi connectivity index (χ2n) is 4.96. The van der Waals surface area contributed by atoms with Gasteiger partial charge in [0.15, 0.2) is 0 Å². The molecule has 3 aromatic rings. The minimum atomic E-state index is 1.19. The highest BCUT2D eigenvalue weighted by Gasteiger charge is 2.04. The van der Waals surface area contributed by atoms with Crippen molar-refractivity contribution in [1.29, 1.82) is 0 Å². The molecule has 2 heterocycles. The normalized spacial score (nSPS) is 10.5. The van der Waals surface area contributed by atoms with Crippen LogP contribution in [0.25, 0.3) is 22.3 Å². The molecule has 0 aliphatic carbocycles. The third kappa shape index (κ3) is 2.32. The average molecular weight is 260 g/mol. The fourth-order valence-electron chi connectivity index (χ4n) is 2.42. The predicted octanol–water partition coefficient (Wildman–Crippen LogP) is 4.43. The Morgan fingerprint density at radius 2 is 1.00 bits per heavy atom. The summed E-state index contributed by atoms with van der Waals surface area (Å²) in [7, 11) is 0. The van der Waals surface area contributed by atoms with Crippen molar-refractivity contribution in [2.75, 3.05) is 0 Å². The van der Waals surface area contributed by atoms with Gasteiger partial charge in [-0.2, -0.15) is 0 Å². The van der Waals surface area contributed by atoms with Crippen LogP contribution in [0.4, 0.5) is 0 Å². The molecule has 0 fully saturated rings. The summed E-state index contributed by atoms with van der Waals surface area (Å²) in [5, 5.41) is 0. The molecule has 2 nitrogen and oxygen atoms in total. The zero-order valence-electron chi connectivity index (χ0n) is 11.7. The zero-order valence-corrected chi connectivity index (χ0v) is 11.7. The molecular weight excluding hydrogens is 244 g/mol. The van der Waals surface area contributed by atoms with E-state index in [0.29, 0.717) is 0 Å². The van der Waals surface area contributed by atoms with Crippen LogP contribution in [0.2, 0.25) is 0 Å². The van der Waals surface area contributed by atoms with Gasteiger partial charge < -0.3 is 0 Å². The first-order chi connectivity index (χ1) is 9.75. The van der Waals surface area contributed by atoms with Crippen molar-refractivity contribution in [2.45, 2.75) is 13.8 Å². The Labute approximate surface area is 119 Å². The SMILES string of the molecule is Cc1cnccc1-c1ccc(-c2ccncc2C)cc1. The highest BCUT2D eigenvalue weighted by Crippen LogP contribution is 2.27. The molecular formula is C18H16N2. The van der Waals surface area contributed by atoms with Crippen molar-refractivity contribution in [3.05, 3.63) is 72.3 Å². The summed E-state index contributed by atoms with van der Waals surface area (Å²) in [5.74, 6) is 0. The number of rotatable bonds is 2. The first kappa shape index (κ1) is 12.5. The lowest BCUT2D eigenvalue weighted by atomic mass is 9.97. The largest absolute Gasteiger partial charge is 0.264 e. The molecule has 0 radical (unpaired) electrons. The van der Waals surface area contributed by atoms with Crippen LogP contribution in [-0.4, -0.2) is 9.97 Å². The molecule has 2 heteroatoms.